The van der Waals surface area contributed by atoms with Crippen molar-refractivity contribution in [2.45, 2.75) is 6.42 Å². The summed E-state index contributed by atoms with van der Waals surface area (Å²) in [6.07, 6.45) is 3.76. The Morgan fingerprint density at radius 3 is 2.34 bits per heavy atom. The molecule has 0 saturated carbocycles. The van der Waals surface area contributed by atoms with Gasteiger partial charge in [0, 0.05) is 52.3 Å². The van der Waals surface area contributed by atoms with E-state index in [-0.39, 0.29) is 17.7 Å². The molecule has 0 aliphatic rings. The molecule has 38 heavy (non-hydrogen) atoms. The van der Waals surface area contributed by atoms with Gasteiger partial charge in [0.15, 0.2) is 0 Å². The van der Waals surface area contributed by atoms with E-state index in [1.165, 1.54) is 12.1 Å². The van der Waals surface area contributed by atoms with Crippen molar-refractivity contribution in [3.8, 4) is 22.7 Å². The van der Waals surface area contributed by atoms with Crippen LogP contribution >= 0.6 is 22.6 Å². The lowest BCUT2D eigenvalue weighted by atomic mass is 10.0. The van der Waals surface area contributed by atoms with Crippen molar-refractivity contribution in [1.29, 1.82) is 0 Å². The normalized spacial score (nSPS) is 11.0. The topological polar surface area (TPSA) is 114 Å². The van der Waals surface area contributed by atoms with Gasteiger partial charge in [0.2, 0.25) is 5.78 Å². The van der Waals surface area contributed by atoms with Gasteiger partial charge in [-0.25, -0.2) is 4.79 Å². The van der Waals surface area contributed by atoms with Gasteiger partial charge in [-0.2, -0.15) is 0 Å². The molecule has 0 fully saturated rings. The number of hydrogen-bond donors (Lipinski definition) is 3. The van der Waals surface area contributed by atoms with Crippen LogP contribution in [0.15, 0.2) is 85.2 Å². The number of hydrogen-bond acceptors (Lipinski definition) is 4. The molecule has 1 amide bonds. The SMILES string of the molecule is Cn1c(-c2cccc(CC(=O)C(=O)Nc3ccc(-n4cccc4)cc3)c2)c(I)c2cc(C(=O)O)c(O)cc21. The molecule has 3 aromatic carbocycles. The van der Waals surface area contributed by atoms with Crippen LogP contribution < -0.4 is 5.32 Å². The molecule has 8 nitrogen and oxygen atoms in total. The number of nitrogens with one attached hydrogen (secondary N) is 1. The number of carboxylic acids is 1. The van der Waals surface area contributed by atoms with Gasteiger partial charge in [-0.05, 0) is 82.2 Å². The number of nitrogens with zero attached hydrogens (tertiary/aromatic N) is 2. The number of phenols is 1. The molecule has 0 saturated heterocycles. The molecule has 5 rings (SSSR count). The van der Waals surface area contributed by atoms with Gasteiger partial charge in [-0.15, -0.1) is 0 Å². The number of aromatic nitrogens is 2. The predicted molar refractivity (Wildman–Crippen MR) is 153 cm³/mol. The first-order valence-corrected chi connectivity index (χ1v) is 12.7. The van der Waals surface area contributed by atoms with Gasteiger partial charge in [0.1, 0.15) is 11.3 Å². The number of Topliss-reactive ketones (excluding diaryl/α,β-unsaturated/α-hetero) is 1. The van der Waals surface area contributed by atoms with Crippen LogP contribution in [0.1, 0.15) is 15.9 Å². The van der Waals surface area contributed by atoms with Gasteiger partial charge >= 0.3 is 5.97 Å². The van der Waals surface area contributed by atoms with Gasteiger partial charge in [0.25, 0.3) is 5.91 Å². The number of carbonyl (C=O) groups is 3. The van der Waals surface area contributed by atoms with Crippen molar-refractivity contribution in [3.63, 3.8) is 0 Å². The fourth-order valence-electron chi connectivity index (χ4n) is 4.44. The number of aryl methyl sites for hydroxylation is 1. The minimum absolute atomic E-state index is 0.0778. The van der Waals surface area contributed by atoms with Crippen LogP contribution in [0.25, 0.3) is 27.8 Å². The van der Waals surface area contributed by atoms with E-state index in [9.17, 15) is 24.6 Å². The number of benzene rings is 3. The van der Waals surface area contributed by atoms with Crippen LogP contribution in [0, 0.1) is 3.57 Å². The van der Waals surface area contributed by atoms with Crippen LogP contribution in [-0.2, 0) is 23.1 Å². The molecular weight excluding hydrogens is 597 g/mol. The van der Waals surface area contributed by atoms with Crippen molar-refractivity contribution in [1.82, 2.24) is 9.13 Å². The number of rotatable bonds is 7. The molecule has 0 aliphatic carbocycles. The number of amides is 1. The number of aromatic carboxylic acids is 1. The van der Waals surface area contributed by atoms with E-state index in [4.69, 9.17) is 0 Å². The van der Waals surface area contributed by atoms with Crippen LogP contribution in [0.4, 0.5) is 5.69 Å². The van der Waals surface area contributed by atoms with Crippen LogP contribution in [0.5, 0.6) is 5.75 Å². The first-order chi connectivity index (χ1) is 18.2. The Morgan fingerprint density at radius 1 is 0.947 bits per heavy atom. The molecule has 3 N–H and O–H groups in total. The van der Waals surface area contributed by atoms with E-state index in [0.717, 1.165) is 20.5 Å². The third-order valence-electron chi connectivity index (χ3n) is 6.33. The maximum atomic E-state index is 12.7. The molecular formula is C29H22IN3O5. The molecule has 0 unspecified atom stereocenters. The number of anilines is 1. The van der Waals surface area contributed by atoms with Gasteiger partial charge in [-0.1, -0.05) is 18.2 Å². The zero-order chi connectivity index (χ0) is 27.0. The maximum absolute atomic E-state index is 12.7. The van der Waals surface area contributed by atoms with E-state index < -0.39 is 17.7 Å². The maximum Gasteiger partial charge on any atom is 0.339 e. The number of ketones is 1. The highest BCUT2D eigenvalue weighted by molar-refractivity contribution is 14.1. The van der Waals surface area contributed by atoms with Crippen LogP contribution in [-0.4, -0.2) is 37.0 Å². The number of fused-ring (bicyclic) bond motifs is 1. The summed E-state index contributed by atoms with van der Waals surface area (Å²) in [4.78, 5) is 36.8. The lowest BCUT2D eigenvalue weighted by Gasteiger charge is -2.09. The van der Waals surface area contributed by atoms with Crippen molar-refractivity contribution >= 4 is 56.8 Å². The van der Waals surface area contributed by atoms with Crippen molar-refractivity contribution < 1.29 is 24.6 Å². The van der Waals surface area contributed by atoms with E-state index in [1.54, 1.807) is 18.2 Å². The van der Waals surface area contributed by atoms with Gasteiger partial charge < -0.3 is 24.7 Å². The van der Waals surface area contributed by atoms with Gasteiger partial charge in [0.05, 0.1) is 11.2 Å². The van der Waals surface area contributed by atoms with Gasteiger partial charge in [-0.3, -0.25) is 9.59 Å². The predicted octanol–water partition coefficient (Wildman–Crippen LogP) is 5.39. The first kappa shape index (κ1) is 25.3. The zero-order valence-electron chi connectivity index (χ0n) is 20.2. The summed E-state index contributed by atoms with van der Waals surface area (Å²) in [6, 6.07) is 21.3. The monoisotopic (exact) mass is 619 g/mol. The molecule has 5 aromatic rings. The summed E-state index contributed by atoms with van der Waals surface area (Å²) >= 11 is 2.15. The van der Waals surface area contributed by atoms with E-state index in [0.29, 0.717) is 22.2 Å². The molecule has 2 heterocycles. The first-order valence-electron chi connectivity index (χ1n) is 11.6. The van der Waals surface area contributed by atoms with E-state index in [2.05, 4.69) is 27.9 Å². The highest BCUT2D eigenvalue weighted by Gasteiger charge is 2.20. The second kappa shape index (κ2) is 10.2. The molecule has 0 spiro atoms. The average Bonchev–Trinajstić information content (AvgIpc) is 3.51. The second-order valence-corrected chi connectivity index (χ2v) is 9.88. The van der Waals surface area contributed by atoms with E-state index >= 15 is 0 Å². The lowest BCUT2D eigenvalue weighted by Crippen LogP contribution is -2.24. The lowest BCUT2D eigenvalue weighted by molar-refractivity contribution is -0.134. The van der Waals surface area contributed by atoms with Crippen molar-refractivity contribution in [3.05, 3.63) is 99.9 Å². The van der Waals surface area contributed by atoms with E-state index in [1.807, 2.05) is 71.0 Å². The smallest absolute Gasteiger partial charge is 0.339 e. The standard InChI is InChI=1S/C29H22IN3O5/c1-32-23-16-24(34)22(29(37)38)15-21(23)26(30)27(32)18-6-4-5-17(13-18)14-25(35)28(36)31-19-7-9-20(10-8-19)33-11-2-3-12-33/h2-13,15-16,34H,14H2,1H3,(H,31,36)(H,37,38). The quantitative estimate of drug-likeness (QED) is 0.167. The van der Waals surface area contributed by atoms with Crippen LogP contribution in [0.2, 0.25) is 0 Å². The molecule has 0 aliphatic heterocycles. The highest BCUT2D eigenvalue weighted by Crippen LogP contribution is 2.37. The Morgan fingerprint density at radius 2 is 1.66 bits per heavy atom. The summed E-state index contributed by atoms with van der Waals surface area (Å²) in [5.41, 5.74) is 4.25. The summed E-state index contributed by atoms with van der Waals surface area (Å²) in [6.45, 7) is 0. The fourth-order valence-corrected chi connectivity index (χ4v) is 5.54. The number of carbonyl (C=O) groups excluding carboxylic acids is 2. The molecule has 2 aromatic heterocycles. The summed E-state index contributed by atoms with van der Waals surface area (Å²) in [5, 5.41) is 22.9. The molecule has 190 valence electrons. The summed E-state index contributed by atoms with van der Waals surface area (Å²) in [5.74, 6) is -2.78. The molecule has 0 atom stereocenters. The van der Waals surface area contributed by atoms with Crippen molar-refractivity contribution in [2.24, 2.45) is 7.05 Å². The van der Waals surface area contributed by atoms with Crippen molar-refractivity contribution in [2.75, 3.05) is 5.32 Å². The summed E-state index contributed by atoms with van der Waals surface area (Å²) in [7, 11) is 1.83. The second-order valence-electron chi connectivity index (χ2n) is 8.80. The zero-order valence-corrected chi connectivity index (χ0v) is 22.3. The third kappa shape index (κ3) is 4.80. The highest BCUT2D eigenvalue weighted by atomic mass is 127. The number of halogens is 1. The Kier molecular flexibility index (Phi) is 6.77. The third-order valence-corrected chi connectivity index (χ3v) is 7.42. The largest absolute Gasteiger partial charge is 0.507 e. The Bertz CT molecular complexity index is 1700. The fraction of sp³-hybridized carbons (Fsp3) is 0.0690. The molecule has 0 bridgehead atoms. The average molecular weight is 619 g/mol. The summed E-state index contributed by atoms with van der Waals surface area (Å²) < 4.78 is 4.62. The molecule has 0 radical (unpaired) electrons. The Hall–Kier alpha value is -4.38. The minimum atomic E-state index is -1.21. The molecule has 9 heteroatoms. The minimum Gasteiger partial charge on any atom is -0.507 e. The van der Waals surface area contributed by atoms with Crippen LogP contribution in [0.3, 0.4) is 0 Å². The number of aromatic hydroxyl groups is 1. The Balaban J connectivity index is 1.35. The Labute approximate surface area is 231 Å². The number of carboxylic acid groups (broad SMARTS) is 1.